The summed E-state index contributed by atoms with van der Waals surface area (Å²) >= 11 is 1.25. The number of thiophene rings is 1. The zero-order chi connectivity index (χ0) is 16.2. The standard InChI is InChI=1S/C16H14N2O4S/c1-10-3-5-11(6-4-10)15-18-17-13(22-15)9-21-12-7-8-23-14(12)16(19)20-2/h3-8H,9H2,1-2H3. The quantitative estimate of drug-likeness (QED) is 0.667. The smallest absolute Gasteiger partial charge is 0.351 e. The number of hydrogen-bond donors (Lipinski definition) is 0. The molecular weight excluding hydrogens is 316 g/mol. The third-order valence-corrected chi connectivity index (χ3v) is 3.99. The van der Waals surface area contributed by atoms with E-state index in [0.717, 1.165) is 11.1 Å². The van der Waals surface area contributed by atoms with Gasteiger partial charge in [-0.05, 0) is 30.5 Å². The molecule has 0 aliphatic carbocycles. The van der Waals surface area contributed by atoms with Gasteiger partial charge < -0.3 is 13.9 Å². The lowest BCUT2D eigenvalue weighted by Gasteiger charge is -2.03. The van der Waals surface area contributed by atoms with Gasteiger partial charge in [-0.15, -0.1) is 21.5 Å². The van der Waals surface area contributed by atoms with Crippen LogP contribution in [-0.4, -0.2) is 23.3 Å². The molecule has 0 aliphatic heterocycles. The largest absolute Gasteiger partial charge is 0.482 e. The van der Waals surface area contributed by atoms with Gasteiger partial charge in [-0.1, -0.05) is 17.7 Å². The van der Waals surface area contributed by atoms with E-state index >= 15 is 0 Å². The Bertz CT molecular complexity index is 808. The fourth-order valence-electron chi connectivity index (χ4n) is 1.92. The van der Waals surface area contributed by atoms with Crippen molar-refractivity contribution in [3.05, 3.63) is 52.0 Å². The van der Waals surface area contributed by atoms with Gasteiger partial charge in [0.2, 0.25) is 5.89 Å². The Kier molecular flexibility index (Phi) is 4.38. The van der Waals surface area contributed by atoms with Crippen LogP contribution in [-0.2, 0) is 11.3 Å². The molecule has 118 valence electrons. The van der Waals surface area contributed by atoms with E-state index in [0.29, 0.717) is 22.4 Å². The Morgan fingerprint density at radius 2 is 2.00 bits per heavy atom. The topological polar surface area (TPSA) is 74.5 Å². The second-order valence-electron chi connectivity index (χ2n) is 4.76. The maximum absolute atomic E-state index is 11.6. The van der Waals surface area contributed by atoms with Crippen LogP contribution in [0.5, 0.6) is 5.75 Å². The first-order valence-electron chi connectivity index (χ1n) is 6.85. The molecule has 0 radical (unpaired) electrons. The van der Waals surface area contributed by atoms with Crippen molar-refractivity contribution in [3.63, 3.8) is 0 Å². The number of aryl methyl sites for hydroxylation is 1. The highest BCUT2D eigenvalue weighted by atomic mass is 32.1. The van der Waals surface area contributed by atoms with Crippen LogP contribution in [0.3, 0.4) is 0 Å². The molecule has 7 heteroatoms. The van der Waals surface area contributed by atoms with E-state index in [9.17, 15) is 4.79 Å². The summed E-state index contributed by atoms with van der Waals surface area (Å²) in [7, 11) is 1.33. The van der Waals surface area contributed by atoms with Crippen molar-refractivity contribution in [1.82, 2.24) is 10.2 Å². The number of nitrogens with zero attached hydrogens (tertiary/aromatic N) is 2. The molecule has 0 fully saturated rings. The average molecular weight is 330 g/mol. The van der Waals surface area contributed by atoms with Gasteiger partial charge in [0.05, 0.1) is 7.11 Å². The molecule has 0 saturated heterocycles. The summed E-state index contributed by atoms with van der Waals surface area (Å²) in [5.41, 5.74) is 2.00. The molecule has 0 N–H and O–H groups in total. The van der Waals surface area contributed by atoms with Gasteiger partial charge >= 0.3 is 5.97 Å². The van der Waals surface area contributed by atoms with E-state index in [1.807, 2.05) is 31.2 Å². The number of carbonyl (C=O) groups excluding carboxylic acids is 1. The normalized spacial score (nSPS) is 10.5. The molecular formula is C16H14N2O4S. The van der Waals surface area contributed by atoms with Gasteiger partial charge in [-0.2, -0.15) is 0 Å². The lowest BCUT2D eigenvalue weighted by molar-refractivity contribution is 0.0601. The van der Waals surface area contributed by atoms with Gasteiger partial charge in [0, 0.05) is 5.56 Å². The van der Waals surface area contributed by atoms with Crippen molar-refractivity contribution in [2.75, 3.05) is 7.11 Å². The first kappa shape index (κ1) is 15.2. The molecule has 0 saturated carbocycles. The number of esters is 1. The Hall–Kier alpha value is -2.67. The number of aromatic nitrogens is 2. The summed E-state index contributed by atoms with van der Waals surface area (Å²) in [6.45, 7) is 2.09. The van der Waals surface area contributed by atoms with Gasteiger partial charge in [0.15, 0.2) is 11.5 Å². The summed E-state index contributed by atoms with van der Waals surface area (Å²) in [6.07, 6.45) is 0. The van der Waals surface area contributed by atoms with E-state index in [1.54, 1.807) is 11.4 Å². The van der Waals surface area contributed by atoms with Crippen LogP contribution in [0.1, 0.15) is 21.1 Å². The van der Waals surface area contributed by atoms with Gasteiger partial charge in [-0.25, -0.2) is 4.79 Å². The van der Waals surface area contributed by atoms with Crippen LogP contribution in [0, 0.1) is 6.92 Å². The van der Waals surface area contributed by atoms with Crippen molar-refractivity contribution >= 4 is 17.3 Å². The molecule has 0 spiro atoms. The number of rotatable bonds is 5. The molecule has 0 amide bonds. The molecule has 0 bridgehead atoms. The van der Waals surface area contributed by atoms with Crippen LogP contribution < -0.4 is 4.74 Å². The number of ether oxygens (including phenoxy) is 2. The zero-order valence-electron chi connectivity index (χ0n) is 12.6. The first-order valence-corrected chi connectivity index (χ1v) is 7.73. The Balaban J connectivity index is 1.69. The summed E-state index contributed by atoms with van der Waals surface area (Å²) in [4.78, 5) is 12.0. The maximum Gasteiger partial charge on any atom is 0.351 e. The second-order valence-corrected chi connectivity index (χ2v) is 5.68. The highest BCUT2D eigenvalue weighted by molar-refractivity contribution is 7.12. The predicted molar refractivity (Wildman–Crippen MR) is 84.5 cm³/mol. The van der Waals surface area contributed by atoms with Crippen molar-refractivity contribution in [3.8, 4) is 17.2 Å². The van der Waals surface area contributed by atoms with Gasteiger partial charge in [-0.3, -0.25) is 0 Å². The van der Waals surface area contributed by atoms with Crippen molar-refractivity contribution in [2.45, 2.75) is 13.5 Å². The summed E-state index contributed by atoms with van der Waals surface area (Å²) < 4.78 is 15.8. The second kappa shape index (κ2) is 6.62. The monoisotopic (exact) mass is 330 g/mol. The van der Waals surface area contributed by atoms with E-state index < -0.39 is 5.97 Å². The molecule has 3 rings (SSSR count). The summed E-state index contributed by atoms with van der Waals surface area (Å²) in [6, 6.07) is 9.49. The molecule has 23 heavy (non-hydrogen) atoms. The van der Waals surface area contributed by atoms with Crippen LogP contribution in [0.15, 0.2) is 40.1 Å². The van der Waals surface area contributed by atoms with Crippen LogP contribution in [0.4, 0.5) is 0 Å². The van der Waals surface area contributed by atoms with Crippen molar-refractivity contribution in [2.24, 2.45) is 0 Å². The Morgan fingerprint density at radius 1 is 1.22 bits per heavy atom. The Morgan fingerprint density at radius 3 is 2.74 bits per heavy atom. The molecule has 0 unspecified atom stereocenters. The van der Waals surface area contributed by atoms with E-state index in [2.05, 4.69) is 10.2 Å². The first-order chi connectivity index (χ1) is 11.2. The average Bonchev–Trinajstić information content (AvgIpc) is 3.22. The predicted octanol–water partition coefficient (Wildman–Crippen LogP) is 3.47. The maximum atomic E-state index is 11.6. The van der Waals surface area contributed by atoms with E-state index in [-0.39, 0.29) is 6.61 Å². The third kappa shape index (κ3) is 3.40. The minimum absolute atomic E-state index is 0.0829. The third-order valence-electron chi connectivity index (χ3n) is 3.12. The highest BCUT2D eigenvalue weighted by Gasteiger charge is 2.16. The number of hydrogen-bond acceptors (Lipinski definition) is 7. The van der Waals surface area contributed by atoms with E-state index in [1.165, 1.54) is 18.4 Å². The van der Waals surface area contributed by atoms with Crippen molar-refractivity contribution in [1.29, 1.82) is 0 Å². The zero-order valence-corrected chi connectivity index (χ0v) is 13.4. The van der Waals surface area contributed by atoms with Crippen LogP contribution in [0.2, 0.25) is 0 Å². The molecule has 2 aromatic heterocycles. The summed E-state index contributed by atoms with van der Waals surface area (Å²) in [5.74, 6) is 0.780. The van der Waals surface area contributed by atoms with Gasteiger partial charge in [0.25, 0.3) is 5.89 Å². The summed E-state index contributed by atoms with van der Waals surface area (Å²) in [5, 5.41) is 9.72. The SMILES string of the molecule is COC(=O)c1sccc1OCc1nnc(-c2ccc(C)cc2)o1. The number of carbonyl (C=O) groups is 1. The molecule has 1 aromatic carbocycles. The molecule has 2 heterocycles. The minimum Gasteiger partial charge on any atom is -0.482 e. The van der Waals surface area contributed by atoms with Gasteiger partial charge in [0.1, 0.15) is 5.75 Å². The lowest BCUT2D eigenvalue weighted by Crippen LogP contribution is -2.02. The Labute approximate surface area is 136 Å². The van der Waals surface area contributed by atoms with E-state index in [4.69, 9.17) is 13.9 Å². The molecule has 6 nitrogen and oxygen atoms in total. The number of benzene rings is 1. The lowest BCUT2D eigenvalue weighted by atomic mass is 10.1. The highest BCUT2D eigenvalue weighted by Crippen LogP contribution is 2.26. The fourth-order valence-corrected chi connectivity index (χ4v) is 2.67. The molecule has 0 aliphatic rings. The van der Waals surface area contributed by atoms with Crippen LogP contribution >= 0.6 is 11.3 Å². The van der Waals surface area contributed by atoms with Crippen molar-refractivity contribution < 1.29 is 18.7 Å². The fraction of sp³-hybridized carbons (Fsp3) is 0.188. The molecule has 0 atom stereocenters. The minimum atomic E-state index is -0.430. The number of methoxy groups -OCH3 is 1. The molecule has 3 aromatic rings. The van der Waals surface area contributed by atoms with Crippen LogP contribution in [0.25, 0.3) is 11.5 Å².